The van der Waals surface area contributed by atoms with Crippen LogP contribution < -0.4 is 10.2 Å². The van der Waals surface area contributed by atoms with Crippen LogP contribution in [0.5, 0.6) is 0 Å². The fourth-order valence-electron chi connectivity index (χ4n) is 2.88. The average molecular weight is 352 g/mol. The monoisotopic (exact) mass is 352 g/mol. The lowest BCUT2D eigenvalue weighted by Gasteiger charge is -2.25. The fraction of sp³-hybridized carbons (Fsp3) is 0.364. The predicted octanol–water partition coefficient (Wildman–Crippen LogP) is 4.18. The molecule has 0 atom stereocenters. The smallest absolute Gasteiger partial charge is 0.223 e. The van der Waals surface area contributed by atoms with Crippen molar-refractivity contribution >= 4 is 17.5 Å². The summed E-state index contributed by atoms with van der Waals surface area (Å²) < 4.78 is 0. The van der Waals surface area contributed by atoms with Crippen LogP contribution in [0, 0.1) is 6.92 Å². The Morgan fingerprint density at radius 3 is 2.31 bits per heavy atom. The number of hydrogen-bond donors (Lipinski definition) is 1. The number of carbonyl (C=O) groups excluding carboxylic acids is 2. The van der Waals surface area contributed by atoms with Gasteiger partial charge in [-0.3, -0.25) is 9.59 Å². The molecular formula is C22H28N2O2. The number of nitrogens with zero attached hydrogens (tertiary/aromatic N) is 1. The van der Waals surface area contributed by atoms with Gasteiger partial charge in [0.2, 0.25) is 11.8 Å². The van der Waals surface area contributed by atoms with E-state index in [4.69, 9.17) is 0 Å². The van der Waals surface area contributed by atoms with Crippen LogP contribution in [-0.2, 0) is 16.1 Å². The van der Waals surface area contributed by atoms with Gasteiger partial charge in [0.25, 0.3) is 0 Å². The fourth-order valence-corrected chi connectivity index (χ4v) is 2.88. The van der Waals surface area contributed by atoms with Crippen molar-refractivity contribution < 1.29 is 9.59 Å². The van der Waals surface area contributed by atoms with Crippen LogP contribution in [0.25, 0.3) is 0 Å². The molecule has 0 fully saturated rings. The Labute approximate surface area is 156 Å². The molecule has 0 spiro atoms. The van der Waals surface area contributed by atoms with Crippen molar-refractivity contribution in [1.82, 2.24) is 5.32 Å². The second-order valence-corrected chi connectivity index (χ2v) is 6.90. The van der Waals surface area contributed by atoms with Gasteiger partial charge in [0, 0.05) is 32.1 Å². The van der Waals surface area contributed by atoms with Gasteiger partial charge in [-0.25, -0.2) is 0 Å². The van der Waals surface area contributed by atoms with E-state index in [9.17, 15) is 9.59 Å². The predicted molar refractivity (Wildman–Crippen MR) is 106 cm³/mol. The molecule has 26 heavy (non-hydrogen) atoms. The van der Waals surface area contributed by atoms with E-state index in [1.54, 1.807) is 11.8 Å². The summed E-state index contributed by atoms with van der Waals surface area (Å²) in [4.78, 5) is 26.0. The molecule has 0 aliphatic carbocycles. The van der Waals surface area contributed by atoms with Crippen molar-refractivity contribution in [2.75, 3.05) is 11.4 Å². The van der Waals surface area contributed by atoms with Crippen LogP contribution in [0.2, 0.25) is 0 Å². The van der Waals surface area contributed by atoms with E-state index in [1.807, 2.05) is 55.5 Å². The SMILES string of the molecule is CC(=O)N(CCC(=O)NCc1ccc(C)cc1)c1ccccc1C(C)C. The van der Waals surface area contributed by atoms with Crippen molar-refractivity contribution in [3.63, 3.8) is 0 Å². The van der Waals surface area contributed by atoms with E-state index >= 15 is 0 Å². The first kappa shape index (κ1) is 19.7. The zero-order chi connectivity index (χ0) is 19.1. The van der Waals surface area contributed by atoms with Crippen molar-refractivity contribution in [3.05, 3.63) is 65.2 Å². The Bertz CT molecular complexity index is 751. The summed E-state index contributed by atoms with van der Waals surface area (Å²) in [5, 5.41) is 2.92. The lowest BCUT2D eigenvalue weighted by atomic mass is 10.0. The molecule has 4 heteroatoms. The van der Waals surface area contributed by atoms with Crippen LogP contribution in [-0.4, -0.2) is 18.4 Å². The number of carbonyl (C=O) groups is 2. The minimum atomic E-state index is -0.0566. The number of nitrogens with one attached hydrogen (secondary N) is 1. The highest BCUT2D eigenvalue weighted by molar-refractivity contribution is 5.93. The van der Waals surface area contributed by atoms with Crippen LogP contribution >= 0.6 is 0 Å². The third-order valence-electron chi connectivity index (χ3n) is 4.40. The summed E-state index contributed by atoms with van der Waals surface area (Å²) in [6.07, 6.45) is 0.276. The number of rotatable bonds is 7. The number of anilines is 1. The molecule has 0 saturated carbocycles. The molecule has 0 saturated heterocycles. The van der Waals surface area contributed by atoms with Crippen molar-refractivity contribution in [2.24, 2.45) is 0 Å². The number of aryl methyl sites for hydroxylation is 1. The van der Waals surface area contributed by atoms with E-state index in [0.717, 1.165) is 16.8 Å². The van der Waals surface area contributed by atoms with Gasteiger partial charge in [0.15, 0.2) is 0 Å². The molecule has 1 N–H and O–H groups in total. The van der Waals surface area contributed by atoms with Gasteiger partial charge in [-0.15, -0.1) is 0 Å². The molecule has 0 bridgehead atoms. The van der Waals surface area contributed by atoms with Crippen molar-refractivity contribution in [2.45, 2.75) is 46.6 Å². The quantitative estimate of drug-likeness (QED) is 0.813. The molecule has 2 aromatic carbocycles. The maximum atomic E-state index is 12.2. The van der Waals surface area contributed by atoms with E-state index in [2.05, 4.69) is 19.2 Å². The van der Waals surface area contributed by atoms with E-state index in [0.29, 0.717) is 19.0 Å². The molecule has 0 radical (unpaired) electrons. The zero-order valence-electron chi connectivity index (χ0n) is 16.1. The van der Waals surface area contributed by atoms with Crippen molar-refractivity contribution in [1.29, 1.82) is 0 Å². The first-order chi connectivity index (χ1) is 12.4. The molecule has 2 amide bonds. The average Bonchev–Trinajstić information content (AvgIpc) is 2.61. The standard InChI is InChI=1S/C22H28N2O2/c1-16(2)20-7-5-6-8-21(20)24(18(4)25)14-13-22(26)23-15-19-11-9-17(3)10-12-19/h5-12,16H,13-15H2,1-4H3,(H,23,26). The second kappa shape index (κ2) is 9.18. The molecule has 4 nitrogen and oxygen atoms in total. The Morgan fingerprint density at radius 1 is 1.04 bits per heavy atom. The topological polar surface area (TPSA) is 49.4 Å². The lowest BCUT2D eigenvalue weighted by Crippen LogP contribution is -2.34. The number of benzene rings is 2. The molecular weight excluding hydrogens is 324 g/mol. The van der Waals surface area contributed by atoms with E-state index < -0.39 is 0 Å². The molecule has 2 aromatic rings. The lowest BCUT2D eigenvalue weighted by molar-refractivity contribution is -0.121. The van der Waals surface area contributed by atoms with Crippen molar-refractivity contribution in [3.8, 4) is 0 Å². The largest absolute Gasteiger partial charge is 0.352 e. The first-order valence-electron chi connectivity index (χ1n) is 9.07. The molecule has 0 aliphatic rings. The Morgan fingerprint density at radius 2 is 1.69 bits per heavy atom. The molecule has 0 unspecified atom stereocenters. The maximum Gasteiger partial charge on any atom is 0.223 e. The number of hydrogen-bond acceptors (Lipinski definition) is 2. The third-order valence-corrected chi connectivity index (χ3v) is 4.40. The highest BCUT2D eigenvalue weighted by Gasteiger charge is 2.17. The summed E-state index contributed by atoms with van der Waals surface area (Å²) in [5.74, 6) is 0.201. The molecule has 138 valence electrons. The highest BCUT2D eigenvalue weighted by Crippen LogP contribution is 2.27. The van der Waals surface area contributed by atoms with Gasteiger partial charge >= 0.3 is 0 Å². The second-order valence-electron chi connectivity index (χ2n) is 6.90. The van der Waals surface area contributed by atoms with Crippen LogP contribution in [0.3, 0.4) is 0 Å². The highest BCUT2D eigenvalue weighted by atomic mass is 16.2. The summed E-state index contributed by atoms with van der Waals surface area (Å²) in [6.45, 7) is 8.66. The van der Waals surface area contributed by atoms with Gasteiger partial charge in [-0.1, -0.05) is 61.9 Å². The zero-order valence-corrected chi connectivity index (χ0v) is 16.1. The summed E-state index contributed by atoms with van der Waals surface area (Å²) >= 11 is 0. The van der Waals surface area contributed by atoms with Gasteiger partial charge in [0.1, 0.15) is 0 Å². The molecule has 0 aromatic heterocycles. The Balaban J connectivity index is 1.97. The van der Waals surface area contributed by atoms with Gasteiger partial charge in [-0.2, -0.15) is 0 Å². The third kappa shape index (κ3) is 5.45. The van der Waals surface area contributed by atoms with Crippen LogP contribution in [0.4, 0.5) is 5.69 Å². The van der Waals surface area contributed by atoms with Gasteiger partial charge in [-0.05, 0) is 30.0 Å². The number of amides is 2. The molecule has 2 rings (SSSR count). The summed E-state index contributed by atoms with van der Waals surface area (Å²) in [7, 11) is 0. The molecule has 0 heterocycles. The Hall–Kier alpha value is -2.62. The minimum absolute atomic E-state index is 0.0514. The number of para-hydroxylation sites is 1. The van der Waals surface area contributed by atoms with Crippen LogP contribution in [0.1, 0.15) is 49.8 Å². The molecule has 0 aliphatic heterocycles. The normalized spacial score (nSPS) is 10.7. The van der Waals surface area contributed by atoms with E-state index in [1.165, 1.54) is 5.56 Å². The first-order valence-corrected chi connectivity index (χ1v) is 9.07. The Kier molecular flexibility index (Phi) is 6.96. The summed E-state index contributed by atoms with van der Waals surface area (Å²) in [5.41, 5.74) is 4.27. The summed E-state index contributed by atoms with van der Waals surface area (Å²) in [6, 6.07) is 16.0. The van der Waals surface area contributed by atoms with Crippen LogP contribution in [0.15, 0.2) is 48.5 Å². The van der Waals surface area contributed by atoms with E-state index in [-0.39, 0.29) is 18.2 Å². The maximum absolute atomic E-state index is 12.2. The van der Waals surface area contributed by atoms with Gasteiger partial charge < -0.3 is 10.2 Å². The minimum Gasteiger partial charge on any atom is -0.352 e. The van der Waals surface area contributed by atoms with Gasteiger partial charge in [0.05, 0.1) is 0 Å².